The Labute approximate surface area is 152 Å². The third-order valence-corrected chi connectivity index (χ3v) is 4.60. The number of carbonyl (C=O) groups is 2. The smallest absolute Gasteiger partial charge is 0.228 e. The van der Waals surface area contributed by atoms with Gasteiger partial charge in [-0.2, -0.15) is 0 Å². The van der Waals surface area contributed by atoms with Crippen molar-refractivity contribution in [2.24, 2.45) is 0 Å². The van der Waals surface area contributed by atoms with Gasteiger partial charge in [-0.05, 0) is 42.2 Å². The van der Waals surface area contributed by atoms with Crippen LogP contribution in [0.15, 0.2) is 48.5 Å². The molecule has 3 rings (SSSR count). The second-order valence-electron chi connectivity index (χ2n) is 6.18. The van der Waals surface area contributed by atoms with Crippen LogP contribution in [0.1, 0.15) is 24.0 Å². The molecule has 0 atom stereocenters. The molecule has 0 saturated heterocycles. The number of nitrogens with one attached hydrogen (secondary N) is 1. The fourth-order valence-corrected chi connectivity index (χ4v) is 3.21. The van der Waals surface area contributed by atoms with Crippen molar-refractivity contribution in [2.45, 2.75) is 25.7 Å². The maximum Gasteiger partial charge on any atom is 0.228 e. The van der Waals surface area contributed by atoms with Crippen LogP contribution in [-0.2, 0) is 22.4 Å². The zero-order chi connectivity index (χ0) is 17.6. The molecular formula is C20H21ClN2O2. The highest BCUT2D eigenvalue weighted by atomic mass is 35.5. The predicted octanol–water partition coefficient (Wildman–Crippen LogP) is 3.37. The monoisotopic (exact) mass is 356 g/mol. The maximum absolute atomic E-state index is 12.5. The second kappa shape index (κ2) is 8.17. The Bertz CT molecular complexity index is 759. The van der Waals surface area contributed by atoms with Crippen LogP contribution in [0, 0.1) is 0 Å². The summed E-state index contributed by atoms with van der Waals surface area (Å²) < 4.78 is 0. The van der Waals surface area contributed by atoms with Crippen molar-refractivity contribution < 1.29 is 9.59 Å². The lowest BCUT2D eigenvalue weighted by molar-refractivity contribution is -0.121. The Balaban J connectivity index is 1.48. The molecule has 1 heterocycles. The molecule has 0 aliphatic carbocycles. The summed E-state index contributed by atoms with van der Waals surface area (Å²) >= 11 is 5.83. The van der Waals surface area contributed by atoms with Crippen molar-refractivity contribution in [3.05, 3.63) is 64.7 Å². The van der Waals surface area contributed by atoms with Gasteiger partial charge in [-0.25, -0.2) is 0 Å². The van der Waals surface area contributed by atoms with E-state index in [2.05, 4.69) is 11.4 Å². The van der Waals surface area contributed by atoms with E-state index in [0.717, 1.165) is 30.6 Å². The topological polar surface area (TPSA) is 49.4 Å². The fourth-order valence-electron chi connectivity index (χ4n) is 3.09. The maximum atomic E-state index is 12.5. The van der Waals surface area contributed by atoms with E-state index in [1.165, 1.54) is 5.56 Å². The Morgan fingerprint density at radius 2 is 1.84 bits per heavy atom. The molecule has 2 aromatic rings. The van der Waals surface area contributed by atoms with Crippen molar-refractivity contribution >= 4 is 29.1 Å². The van der Waals surface area contributed by atoms with Crippen LogP contribution >= 0.6 is 11.6 Å². The Morgan fingerprint density at radius 1 is 1.08 bits per heavy atom. The molecule has 1 aliphatic heterocycles. The first-order valence-electron chi connectivity index (χ1n) is 8.53. The summed E-state index contributed by atoms with van der Waals surface area (Å²) in [7, 11) is 0. The minimum Gasteiger partial charge on any atom is -0.355 e. The lowest BCUT2D eigenvalue weighted by atomic mass is 10.0. The van der Waals surface area contributed by atoms with Gasteiger partial charge in [0.15, 0.2) is 0 Å². The predicted molar refractivity (Wildman–Crippen MR) is 99.9 cm³/mol. The summed E-state index contributed by atoms with van der Waals surface area (Å²) in [6, 6.07) is 15.2. The quantitative estimate of drug-likeness (QED) is 0.893. The number of anilines is 1. The highest BCUT2D eigenvalue weighted by Crippen LogP contribution is 2.27. The highest BCUT2D eigenvalue weighted by Gasteiger charge is 2.21. The van der Waals surface area contributed by atoms with Gasteiger partial charge in [0.1, 0.15) is 0 Å². The van der Waals surface area contributed by atoms with Gasteiger partial charge in [0.05, 0.1) is 6.42 Å². The van der Waals surface area contributed by atoms with Gasteiger partial charge < -0.3 is 10.2 Å². The fraction of sp³-hybridized carbons (Fsp3) is 0.300. The number of para-hydroxylation sites is 1. The number of hydrogen-bond donors (Lipinski definition) is 1. The Hall–Kier alpha value is -2.33. The van der Waals surface area contributed by atoms with Gasteiger partial charge in [-0.1, -0.05) is 41.9 Å². The average Bonchev–Trinajstić information content (AvgIpc) is 2.63. The van der Waals surface area contributed by atoms with Crippen molar-refractivity contribution in [2.75, 3.05) is 18.0 Å². The molecule has 1 N–H and O–H groups in total. The minimum absolute atomic E-state index is 0.0546. The molecule has 0 saturated carbocycles. The number of rotatable bonds is 5. The second-order valence-corrected chi connectivity index (χ2v) is 6.62. The normalized spacial score (nSPS) is 13.2. The third-order valence-electron chi connectivity index (χ3n) is 4.35. The standard InChI is InChI=1S/C20H21ClN2O2/c21-17-9-7-15(8-10-17)14-19(24)22-12-11-20(25)23-13-3-5-16-4-1-2-6-18(16)23/h1-2,4,6-10H,3,5,11-14H2,(H,22,24). The van der Waals surface area contributed by atoms with Crippen LogP contribution in [0.5, 0.6) is 0 Å². The van der Waals surface area contributed by atoms with Crippen LogP contribution in [0.4, 0.5) is 5.69 Å². The SMILES string of the molecule is O=C(Cc1ccc(Cl)cc1)NCCC(=O)N1CCCc2ccccc21. The van der Waals surface area contributed by atoms with E-state index in [1.807, 2.05) is 35.2 Å². The van der Waals surface area contributed by atoms with Crippen LogP contribution in [-0.4, -0.2) is 24.9 Å². The molecule has 0 spiro atoms. The van der Waals surface area contributed by atoms with Crippen molar-refractivity contribution in [1.29, 1.82) is 0 Å². The summed E-state index contributed by atoms with van der Waals surface area (Å²) in [6.07, 6.45) is 2.59. The number of aryl methyl sites for hydroxylation is 1. The van der Waals surface area contributed by atoms with E-state index in [0.29, 0.717) is 18.0 Å². The zero-order valence-electron chi connectivity index (χ0n) is 14.0. The van der Waals surface area contributed by atoms with Crippen LogP contribution in [0.2, 0.25) is 5.02 Å². The highest BCUT2D eigenvalue weighted by molar-refractivity contribution is 6.30. The first-order chi connectivity index (χ1) is 12.1. The molecule has 4 nitrogen and oxygen atoms in total. The van der Waals surface area contributed by atoms with Gasteiger partial charge in [-0.15, -0.1) is 0 Å². The third kappa shape index (κ3) is 4.60. The summed E-state index contributed by atoms with van der Waals surface area (Å²) in [4.78, 5) is 26.3. The van der Waals surface area contributed by atoms with Gasteiger partial charge in [0, 0.05) is 30.2 Å². The molecule has 0 unspecified atom stereocenters. The molecule has 0 radical (unpaired) electrons. The Morgan fingerprint density at radius 3 is 2.64 bits per heavy atom. The zero-order valence-corrected chi connectivity index (χ0v) is 14.8. The van der Waals surface area contributed by atoms with E-state index in [4.69, 9.17) is 11.6 Å². The lowest BCUT2D eigenvalue weighted by Gasteiger charge is -2.29. The van der Waals surface area contributed by atoms with Crippen molar-refractivity contribution in [3.63, 3.8) is 0 Å². The number of nitrogens with zero attached hydrogens (tertiary/aromatic N) is 1. The Kier molecular flexibility index (Phi) is 5.71. The van der Waals surface area contributed by atoms with Crippen LogP contribution < -0.4 is 10.2 Å². The summed E-state index contributed by atoms with van der Waals surface area (Å²) in [5.74, 6) is -0.0342. The first kappa shape index (κ1) is 17.5. The molecule has 130 valence electrons. The van der Waals surface area contributed by atoms with E-state index in [9.17, 15) is 9.59 Å². The van der Waals surface area contributed by atoms with Gasteiger partial charge >= 0.3 is 0 Å². The molecule has 5 heteroatoms. The van der Waals surface area contributed by atoms with Crippen LogP contribution in [0.3, 0.4) is 0 Å². The van der Waals surface area contributed by atoms with Gasteiger partial charge in [0.25, 0.3) is 0 Å². The molecule has 0 aromatic heterocycles. The van der Waals surface area contributed by atoms with Crippen molar-refractivity contribution in [3.8, 4) is 0 Å². The minimum atomic E-state index is -0.0887. The summed E-state index contributed by atoms with van der Waals surface area (Å²) in [5.41, 5.74) is 3.12. The van der Waals surface area contributed by atoms with E-state index in [-0.39, 0.29) is 18.2 Å². The number of carbonyl (C=O) groups excluding carboxylic acids is 2. The summed E-state index contributed by atoms with van der Waals surface area (Å²) in [5, 5.41) is 3.47. The number of amides is 2. The molecule has 25 heavy (non-hydrogen) atoms. The molecule has 0 bridgehead atoms. The van der Waals surface area contributed by atoms with E-state index >= 15 is 0 Å². The molecule has 1 aliphatic rings. The molecule has 2 aromatic carbocycles. The number of hydrogen-bond acceptors (Lipinski definition) is 2. The first-order valence-corrected chi connectivity index (χ1v) is 8.91. The molecular weight excluding hydrogens is 336 g/mol. The molecule has 2 amide bonds. The van der Waals surface area contributed by atoms with E-state index in [1.54, 1.807) is 12.1 Å². The van der Waals surface area contributed by atoms with E-state index < -0.39 is 0 Å². The largest absolute Gasteiger partial charge is 0.355 e. The van der Waals surface area contributed by atoms with Crippen LogP contribution in [0.25, 0.3) is 0 Å². The molecule has 0 fully saturated rings. The van der Waals surface area contributed by atoms with Crippen molar-refractivity contribution in [1.82, 2.24) is 5.32 Å². The number of benzene rings is 2. The van der Waals surface area contributed by atoms with Gasteiger partial charge in [0.2, 0.25) is 11.8 Å². The summed E-state index contributed by atoms with van der Waals surface area (Å²) in [6.45, 7) is 1.10. The number of fused-ring (bicyclic) bond motifs is 1. The number of halogens is 1. The lowest BCUT2D eigenvalue weighted by Crippen LogP contribution is -2.38. The van der Waals surface area contributed by atoms with Gasteiger partial charge in [-0.3, -0.25) is 9.59 Å². The average molecular weight is 357 g/mol.